The van der Waals surface area contributed by atoms with Gasteiger partial charge in [0.15, 0.2) is 0 Å². The first-order valence-electron chi connectivity index (χ1n) is 11.5. The van der Waals surface area contributed by atoms with Crippen LogP contribution < -0.4 is 4.90 Å². The van der Waals surface area contributed by atoms with Crippen LogP contribution in [0.25, 0.3) is 11.0 Å². The molecular weight excluding hydrogens is 400 g/mol. The van der Waals surface area contributed by atoms with Gasteiger partial charge in [-0.3, -0.25) is 4.79 Å². The molecule has 1 aromatic carbocycles. The molecule has 2 aliphatic carbocycles. The zero-order valence-corrected chi connectivity index (χ0v) is 18.9. The van der Waals surface area contributed by atoms with E-state index in [9.17, 15) is 4.79 Å². The molecular formula is C25H28N6O. The number of para-hydroxylation sites is 2. The molecule has 2 bridgehead atoms. The number of fused-ring (bicyclic) bond motifs is 6. The largest absolute Gasteiger partial charge is 0.338 e. The molecule has 1 amide bonds. The van der Waals surface area contributed by atoms with Crippen LogP contribution in [0.3, 0.4) is 0 Å². The number of benzene rings is 1. The van der Waals surface area contributed by atoms with E-state index in [4.69, 9.17) is 9.97 Å². The van der Waals surface area contributed by atoms with Crippen LogP contribution in [0.4, 0.5) is 5.95 Å². The minimum absolute atomic E-state index is 0.158. The van der Waals surface area contributed by atoms with Gasteiger partial charge in [-0.05, 0) is 36.5 Å². The molecule has 164 valence electrons. The van der Waals surface area contributed by atoms with Gasteiger partial charge in [-0.25, -0.2) is 19.9 Å². The first kappa shape index (κ1) is 19.6. The van der Waals surface area contributed by atoms with Gasteiger partial charge in [0.25, 0.3) is 0 Å². The summed E-state index contributed by atoms with van der Waals surface area (Å²) in [4.78, 5) is 37.4. The number of carbonyl (C=O) groups is 1. The van der Waals surface area contributed by atoms with Gasteiger partial charge in [0.2, 0.25) is 11.9 Å². The zero-order valence-electron chi connectivity index (χ0n) is 18.9. The van der Waals surface area contributed by atoms with Gasteiger partial charge in [-0.2, -0.15) is 0 Å². The predicted octanol–water partition coefficient (Wildman–Crippen LogP) is 3.10. The highest BCUT2D eigenvalue weighted by Gasteiger charge is 2.73. The van der Waals surface area contributed by atoms with E-state index in [0.717, 1.165) is 54.3 Å². The lowest BCUT2D eigenvalue weighted by Gasteiger charge is -2.44. The minimum Gasteiger partial charge on any atom is -0.338 e. The number of aromatic nitrogens is 4. The van der Waals surface area contributed by atoms with E-state index in [-0.39, 0.29) is 16.7 Å². The first-order valence-corrected chi connectivity index (χ1v) is 11.5. The van der Waals surface area contributed by atoms with Crippen LogP contribution in [0.15, 0.2) is 42.7 Å². The fourth-order valence-corrected chi connectivity index (χ4v) is 6.35. The summed E-state index contributed by atoms with van der Waals surface area (Å²) in [6.07, 6.45) is 5.32. The van der Waals surface area contributed by atoms with E-state index >= 15 is 0 Å². The molecule has 2 atom stereocenters. The molecule has 1 saturated heterocycles. The Morgan fingerprint density at radius 2 is 1.47 bits per heavy atom. The van der Waals surface area contributed by atoms with Gasteiger partial charge in [0, 0.05) is 44.0 Å². The number of piperazine rings is 1. The molecule has 0 radical (unpaired) electrons. The Labute approximate surface area is 187 Å². The molecule has 2 aromatic heterocycles. The van der Waals surface area contributed by atoms with Crippen molar-refractivity contribution in [3.05, 3.63) is 54.1 Å². The Hall–Kier alpha value is -3.09. The molecule has 3 aromatic rings. The summed E-state index contributed by atoms with van der Waals surface area (Å²) in [5.41, 5.74) is 2.68. The third kappa shape index (κ3) is 2.29. The molecule has 6 rings (SSSR count). The Morgan fingerprint density at radius 3 is 2.12 bits per heavy atom. The fourth-order valence-electron chi connectivity index (χ4n) is 6.35. The highest BCUT2D eigenvalue weighted by atomic mass is 16.2. The molecule has 0 N–H and O–H groups in total. The number of nitrogens with zero attached hydrogens (tertiary/aromatic N) is 6. The highest BCUT2D eigenvalue weighted by Crippen LogP contribution is 2.70. The fraction of sp³-hybridized carbons (Fsp3) is 0.480. The number of hydrogen-bond acceptors (Lipinski definition) is 6. The third-order valence-corrected chi connectivity index (χ3v) is 8.71. The van der Waals surface area contributed by atoms with Crippen molar-refractivity contribution in [2.75, 3.05) is 31.1 Å². The summed E-state index contributed by atoms with van der Waals surface area (Å²) in [6, 6.07) is 9.83. The van der Waals surface area contributed by atoms with Crippen LogP contribution in [0.5, 0.6) is 0 Å². The molecule has 7 nitrogen and oxygen atoms in total. The topological polar surface area (TPSA) is 75.1 Å². The monoisotopic (exact) mass is 428 g/mol. The maximum atomic E-state index is 14.3. The first-order chi connectivity index (χ1) is 15.4. The second kappa shape index (κ2) is 6.47. The lowest BCUT2D eigenvalue weighted by molar-refractivity contribution is -0.141. The SMILES string of the molecule is CC1(C)[C@@]2(C)CC[C@]1(C(=O)N1CCN(c3ncccn3)CC1)c1nc3ccccc3nc12. The number of anilines is 1. The van der Waals surface area contributed by atoms with Gasteiger partial charge < -0.3 is 9.80 Å². The summed E-state index contributed by atoms with van der Waals surface area (Å²) in [6.45, 7) is 9.59. The van der Waals surface area contributed by atoms with Crippen molar-refractivity contribution in [1.82, 2.24) is 24.8 Å². The molecule has 32 heavy (non-hydrogen) atoms. The van der Waals surface area contributed by atoms with E-state index in [1.807, 2.05) is 35.2 Å². The average molecular weight is 429 g/mol. The van der Waals surface area contributed by atoms with Crippen molar-refractivity contribution in [3.8, 4) is 0 Å². The van der Waals surface area contributed by atoms with Crippen LogP contribution in [-0.4, -0.2) is 56.9 Å². The zero-order chi connectivity index (χ0) is 22.1. The second-order valence-electron chi connectivity index (χ2n) is 10.1. The van der Waals surface area contributed by atoms with Gasteiger partial charge >= 0.3 is 0 Å². The van der Waals surface area contributed by atoms with Crippen molar-refractivity contribution in [2.45, 2.75) is 44.4 Å². The Kier molecular flexibility index (Phi) is 3.96. The average Bonchev–Trinajstić information content (AvgIpc) is 3.13. The summed E-state index contributed by atoms with van der Waals surface area (Å²) < 4.78 is 0. The molecule has 0 unspecified atom stereocenters. The molecule has 0 spiro atoms. The van der Waals surface area contributed by atoms with Gasteiger partial charge in [-0.15, -0.1) is 0 Å². The van der Waals surface area contributed by atoms with Gasteiger partial charge in [0.05, 0.1) is 27.8 Å². The number of amides is 1. The highest BCUT2D eigenvalue weighted by molar-refractivity contribution is 5.93. The van der Waals surface area contributed by atoms with Crippen LogP contribution in [0.1, 0.15) is 45.0 Å². The molecule has 3 heterocycles. The molecule has 3 aliphatic rings. The normalized spacial score (nSPS) is 28.2. The van der Waals surface area contributed by atoms with Crippen molar-refractivity contribution in [1.29, 1.82) is 0 Å². The van der Waals surface area contributed by atoms with Crippen molar-refractivity contribution < 1.29 is 4.79 Å². The standard InChI is InChI=1S/C25H28N6O/c1-23(2)24(3)9-10-25(23,20-19(24)28-17-7-4-5-8-18(17)29-20)21(32)30-13-15-31(16-14-30)22-26-11-6-12-27-22/h4-8,11-12H,9-10,13-16H2,1-3H3/t24-,25+/m0/s1. The van der Waals surface area contributed by atoms with Crippen molar-refractivity contribution in [2.24, 2.45) is 5.41 Å². The summed E-state index contributed by atoms with van der Waals surface area (Å²) >= 11 is 0. The lowest BCUT2D eigenvalue weighted by atomic mass is 9.63. The number of carbonyl (C=O) groups excluding carboxylic acids is 1. The smallest absolute Gasteiger partial charge is 0.235 e. The van der Waals surface area contributed by atoms with E-state index in [0.29, 0.717) is 13.1 Å². The maximum Gasteiger partial charge on any atom is 0.235 e. The van der Waals surface area contributed by atoms with Crippen LogP contribution in [0.2, 0.25) is 0 Å². The van der Waals surface area contributed by atoms with Crippen molar-refractivity contribution >= 4 is 22.9 Å². The second-order valence-corrected chi connectivity index (χ2v) is 10.1. The summed E-state index contributed by atoms with van der Waals surface area (Å²) in [5, 5.41) is 0. The third-order valence-electron chi connectivity index (χ3n) is 8.71. The van der Waals surface area contributed by atoms with Gasteiger partial charge in [-0.1, -0.05) is 32.9 Å². The van der Waals surface area contributed by atoms with E-state index in [1.54, 1.807) is 12.4 Å². The molecule has 7 heteroatoms. The van der Waals surface area contributed by atoms with Crippen LogP contribution >= 0.6 is 0 Å². The van der Waals surface area contributed by atoms with Crippen LogP contribution in [0, 0.1) is 5.41 Å². The lowest BCUT2D eigenvalue weighted by Crippen LogP contribution is -2.57. The van der Waals surface area contributed by atoms with Crippen LogP contribution in [-0.2, 0) is 15.6 Å². The molecule has 1 saturated carbocycles. The van der Waals surface area contributed by atoms with Crippen molar-refractivity contribution in [3.63, 3.8) is 0 Å². The predicted molar refractivity (Wildman–Crippen MR) is 122 cm³/mol. The van der Waals surface area contributed by atoms with E-state index in [1.165, 1.54) is 0 Å². The Morgan fingerprint density at radius 1 is 0.844 bits per heavy atom. The Bertz CT molecular complexity index is 1220. The number of hydrogen-bond donors (Lipinski definition) is 0. The molecule has 2 fully saturated rings. The van der Waals surface area contributed by atoms with Gasteiger partial charge in [0.1, 0.15) is 0 Å². The summed E-state index contributed by atoms with van der Waals surface area (Å²) in [7, 11) is 0. The maximum absolute atomic E-state index is 14.3. The van der Waals surface area contributed by atoms with E-state index in [2.05, 4.69) is 35.6 Å². The van der Waals surface area contributed by atoms with E-state index < -0.39 is 5.41 Å². The summed E-state index contributed by atoms with van der Waals surface area (Å²) in [5.74, 6) is 0.943. The Balaban J connectivity index is 1.38. The minimum atomic E-state index is -0.625. The quantitative estimate of drug-likeness (QED) is 0.624. The molecule has 1 aliphatic heterocycles. The number of rotatable bonds is 2.